The van der Waals surface area contributed by atoms with E-state index in [9.17, 15) is 14.4 Å². The summed E-state index contributed by atoms with van der Waals surface area (Å²) < 4.78 is 0. The minimum absolute atomic E-state index is 0.156. The van der Waals surface area contributed by atoms with Crippen molar-refractivity contribution in [2.24, 2.45) is 10.8 Å². The molecule has 0 radical (unpaired) electrons. The lowest BCUT2D eigenvalue weighted by atomic mass is 9.83. The summed E-state index contributed by atoms with van der Waals surface area (Å²) in [5.41, 5.74) is -1.71. The average Bonchev–Trinajstić information content (AvgIpc) is 2.64. The van der Waals surface area contributed by atoms with E-state index < -0.39 is 28.7 Å². The highest BCUT2D eigenvalue weighted by Crippen LogP contribution is 2.28. The quantitative estimate of drug-likeness (QED) is 0.278. The summed E-state index contributed by atoms with van der Waals surface area (Å²) in [5, 5.41) is 51.6. The molecule has 0 aromatic carbocycles. The maximum absolute atomic E-state index is 10.5. The summed E-state index contributed by atoms with van der Waals surface area (Å²) in [6.45, 7) is 3.04. The molecule has 0 saturated carbocycles. The Balaban J connectivity index is 0. The zero-order valence-corrected chi connectivity index (χ0v) is 15.4. The maximum Gasteiger partial charge on any atom is 0.328 e. The van der Waals surface area contributed by atoms with E-state index in [-0.39, 0.29) is 19.8 Å². The minimum Gasteiger partial charge on any atom is -0.478 e. The summed E-state index contributed by atoms with van der Waals surface area (Å²) in [4.78, 5) is 31.4. The third kappa shape index (κ3) is 11.7. The first-order chi connectivity index (χ1) is 12.6. The fourth-order valence-corrected chi connectivity index (χ4v) is 1.68. The molecule has 0 fully saturated rings. The molecule has 0 saturated heterocycles. The highest BCUT2D eigenvalue weighted by Gasteiger charge is 2.24. The molecule has 9 nitrogen and oxygen atoms in total. The second kappa shape index (κ2) is 13.7. The van der Waals surface area contributed by atoms with Crippen molar-refractivity contribution in [3.8, 4) is 0 Å². The van der Waals surface area contributed by atoms with Gasteiger partial charge in [-0.15, -0.1) is 0 Å². The van der Waals surface area contributed by atoms with Gasteiger partial charge in [0.15, 0.2) is 0 Å². The van der Waals surface area contributed by atoms with E-state index in [4.69, 9.17) is 30.6 Å². The number of carbonyl (C=O) groups is 3. The van der Waals surface area contributed by atoms with E-state index >= 15 is 0 Å². The lowest BCUT2D eigenvalue weighted by molar-refractivity contribution is -0.132. The predicted octanol–water partition coefficient (Wildman–Crippen LogP) is 0.665. The SMILES string of the molecule is CCC(C=CC(=O)O)(C=CC(=O)O)C=CC(=O)O.CCC(CO)(CO)CO. The van der Waals surface area contributed by atoms with E-state index in [0.717, 1.165) is 18.2 Å². The molecule has 0 aromatic heterocycles. The molecule has 27 heavy (non-hydrogen) atoms. The van der Waals surface area contributed by atoms with Gasteiger partial charge in [-0.25, -0.2) is 14.4 Å². The van der Waals surface area contributed by atoms with Gasteiger partial charge in [0, 0.05) is 29.1 Å². The molecule has 0 amide bonds. The Bertz CT molecular complexity index is 480. The first-order valence-corrected chi connectivity index (χ1v) is 8.15. The topological polar surface area (TPSA) is 173 Å². The van der Waals surface area contributed by atoms with Gasteiger partial charge in [0.2, 0.25) is 0 Å². The third-order valence-corrected chi connectivity index (χ3v) is 3.98. The van der Waals surface area contributed by atoms with Crippen molar-refractivity contribution in [3.63, 3.8) is 0 Å². The maximum atomic E-state index is 10.5. The van der Waals surface area contributed by atoms with Crippen LogP contribution >= 0.6 is 0 Å². The second-order valence-electron chi connectivity index (χ2n) is 5.81. The van der Waals surface area contributed by atoms with E-state index in [1.54, 1.807) is 6.92 Å². The van der Waals surface area contributed by atoms with Crippen LogP contribution in [0.2, 0.25) is 0 Å². The predicted molar refractivity (Wildman–Crippen MR) is 97.0 cm³/mol. The number of hydrogen-bond acceptors (Lipinski definition) is 6. The van der Waals surface area contributed by atoms with Gasteiger partial charge in [-0.3, -0.25) is 0 Å². The van der Waals surface area contributed by atoms with Gasteiger partial charge in [-0.2, -0.15) is 0 Å². The highest BCUT2D eigenvalue weighted by atomic mass is 16.4. The summed E-state index contributed by atoms with van der Waals surface area (Å²) in [6.07, 6.45) is 7.20. The smallest absolute Gasteiger partial charge is 0.328 e. The standard InChI is InChI=1S/C12H14O6.C6H14O3/c1-2-12(6-3-9(13)14,7-4-10(15)16)8-5-11(17)18;1-2-6(3-7,4-8)5-9/h3-8H,2H2,1H3,(H,13,14)(H,15,16)(H,17,18);7-9H,2-5H2,1H3. The van der Waals surface area contributed by atoms with Crippen LogP contribution < -0.4 is 0 Å². The van der Waals surface area contributed by atoms with Crippen LogP contribution in [0.25, 0.3) is 0 Å². The average molecular weight is 388 g/mol. The Kier molecular flexibility index (Phi) is 13.5. The number of rotatable bonds is 11. The molecule has 0 bridgehead atoms. The molecular formula is C18H28O9. The Morgan fingerprint density at radius 2 is 0.963 bits per heavy atom. The molecule has 0 aromatic rings. The van der Waals surface area contributed by atoms with Crippen LogP contribution in [0, 0.1) is 10.8 Å². The molecule has 0 heterocycles. The van der Waals surface area contributed by atoms with Crippen LogP contribution in [0.4, 0.5) is 0 Å². The van der Waals surface area contributed by atoms with Crippen molar-refractivity contribution in [1.29, 1.82) is 0 Å². The molecule has 0 aliphatic heterocycles. The Labute approximate surface area is 157 Å². The number of allylic oxidation sites excluding steroid dienone is 3. The van der Waals surface area contributed by atoms with Gasteiger partial charge in [0.1, 0.15) is 0 Å². The molecule has 0 rings (SSSR count). The summed E-state index contributed by atoms with van der Waals surface area (Å²) in [5.74, 6) is -3.58. The van der Waals surface area contributed by atoms with Crippen molar-refractivity contribution < 1.29 is 45.0 Å². The van der Waals surface area contributed by atoms with Crippen LogP contribution in [0.15, 0.2) is 36.5 Å². The van der Waals surface area contributed by atoms with E-state index in [1.807, 2.05) is 6.92 Å². The van der Waals surface area contributed by atoms with Crippen molar-refractivity contribution in [2.75, 3.05) is 19.8 Å². The normalized spacial score (nSPS) is 14.1. The largest absolute Gasteiger partial charge is 0.478 e. The number of aliphatic carboxylic acids is 3. The van der Waals surface area contributed by atoms with Gasteiger partial charge in [0.25, 0.3) is 0 Å². The molecule has 154 valence electrons. The van der Waals surface area contributed by atoms with Crippen molar-refractivity contribution in [3.05, 3.63) is 36.5 Å². The molecule has 0 aliphatic carbocycles. The van der Waals surface area contributed by atoms with Crippen molar-refractivity contribution >= 4 is 17.9 Å². The number of aliphatic hydroxyl groups is 3. The van der Waals surface area contributed by atoms with E-state index in [0.29, 0.717) is 12.8 Å². The number of carboxylic acids is 3. The molecule has 0 unspecified atom stereocenters. The first kappa shape index (κ1) is 26.7. The lowest BCUT2D eigenvalue weighted by Crippen LogP contribution is -2.32. The monoisotopic (exact) mass is 388 g/mol. The van der Waals surface area contributed by atoms with Gasteiger partial charge in [-0.05, 0) is 12.8 Å². The van der Waals surface area contributed by atoms with Crippen molar-refractivity contribution in [2.45, 2.75) is 26.7 Å². The highest BCUT2D eigenvalue weighted by molar-refractivity contribution is 5.82. The Morgan fingerprint density at radius 1 is 0.667 bits per heavy atom. The number of carboxylic acid groups (broad SMARTS) is 3. The van der Waals surface area contributed by atoms with Crippen LogP contribution in [0.3, 0.4) is 0 Å². The summed E-state index contributed by atoms with van der Waals surface area (Å²) >= 11 is 0. The minimum atomic E-state index is -1.19. The summed E-state index contributed by atoms with van der Waals surface area (Å²) in [7, 11) is 0. The van der Waals surface area contributed by atoms with Crippen LogP contribution in [0.1, 0.15) is 26.7 Å². The molecule has 0 aliphatic rings. The Morgan fingerprint density at radius 3 is 1.07 bits per heavy atom. The zero-order valence-electron chi connectivity index (χ0n) is 15.4. The molecule has 0 atom stereocenters. The molecule has 9 heteroatoms. The number of aliphatic hydroxyl groups excluding tert-OH is 3. The lowest BCUT2D eigenvalue weighted by Gasteiger charge is -2.24. The van der Waals surface area contributed by atoms with Crippen molar-refractivity contribution in [1.82, 2.24) is 0 Å². The number of hydrogen-bond donors (Lipinski definition) is 6. The second-order valence-corrected chi connectivity index (χ2v) is 5.81. The first-order valence-electron chi connectivity index (χ1n) is 8.15. The van der Waals surface area contributed by atoms with Gasteiger partial charge >= 0.3 is 17.9 Å². The van der Waals surface area contributed by atoms with Crippen LogP contribution in [-0.2, 0) is 14.4 Å². The molecule has 6 N–H and O–H groups in total. The van der Waals surface area contributed by atoms with Gasteiger partial charge in [0.05, 0.1) is 19.8 Å². The fraction of sp³-hybridized carbons (Fsp3) is 0.500. The zero-order chi connectivity index (χ0) is 21.5. The van der Waals surface area contributed by atoms with Gasteiger partial charge in [-0.1, -0.05) is 32.1 Å². The summed E-state index contributed by atoms with van der Waals surface area (Å²) in [6, 6.07) is 0. The molecular weight excluding hydrogens is 360 g/mol. The fourth-order valence-electron chi connectivity index (χ4n) is 1.68. The van der Waals surface area contributed by atoms with Crippen LogP contribution in [0.5, 0.6) is 0 Å². The van der Waals surface area contributed by atoms with E-state index in [2.05, 4.69) is 0 Å². The third-order valence-electron chi connectivity index (χ3n) is 3.98. The molecule has 0 spiro atoms. The van der Waals surface area contributed by atoms with E-state index in [1.165, 1.54) is 18.2 Å². The van der Waals surface area contributed by atoms with Crippen LogP contribution in [-0.4, -0.2) is 68.4 Å². The van der Waals surface area contributed by atoms with Gasteiger partial charge < -0.3 is 30.6 Å². The Hall–Kier alpha value is -2.49.